The van der Waals surface area contributed by atoms with E-state index in [1.54, 1.807) is 18.3 Å². The summed E-state index contributed by atoms with van der Waals surface area (Å²) in [4.78, 5) is 19.1. The average molecular weight is 389 g/mol. The maximum Gasteiger partial charge on any atom is 0.251 e. The molecule has 5 heteroatoms. The van der Waals surface area contributed by atoms with Gasteiger partial charge >= 0.3 is 0 Å². The SMILES string of the molecule is CCN(CC)c1ccc(Nc2cc(C(=O)NCc3ccc(C)cc3)ccn2)cc1. The number of nitrogens with one attached hydrogen (secondary N) is 2. The number of aryl methyl sites for hydroxylation is 1. The van der Waals surface area contributed by atoms with Crippen molar-refractivity contribution in [1.82, 2.24) is 10.3 Å². The van der Waals surface area contributed by atoms with Crippen LogP contribution in [-0.2, 0) is 6.54 Å². The summed E-state index contributed by atoms with van der Waals surface area (Å²) in [6.45, 7) is 8.79. The van der Waals surface area contributed by atoms with E-state index in [2.05, 4.69) is 46.5 Å². The smallest absolute Gasteiger partial charge is 0.251 e. The Kier molecular flexibility index (Phi) is 6.85. The first-order valence-electron chi connectivity index (χ1n) is 10.0. The Labute approximate surface area is 172 Å². The van der Waals surface area contributed by atoms with Gasteiger partial charge in [0.25, 0.3) is 5.91 Å². The van der Waals surface area contributed by atoms with Crippen molar-refractivity contribution in [3.05, 3.63) is 83.6 Å². The van der Waals surface area contributed by atoms with Crippen LogP contribution in [0.5, 0.6) is 0 Å². The number of carbonyl (C=O) groups excluding carboxylic acids is 1. The number of hydrogen-bond acceptors (Lipinski definition) is 4. The fraction of sp³-hybridized carbons (Fsp3) is 0.250. The molecule has 0 aliphatic heterocycles. The quantitative estimate of drug-likeness (QED) is 0.576. The molecule has 3 aromatic rings. The average Bonchev–Trinajstić information content (AvgIpc) is 2.75. The Hall–Kier alpha value is -3.34. The molecule has 5 nitrogen and oxygen atoms in total. The van der Waals surface area contributed by atoms with E-state index in [9.17, 15) is 4.79 Å². The maximum absolute atomic E-state index is 12.5. The zero-order chi connectivity index (χ0) is 20.6. The number of rotatable bonds is 8. The molecule has 29 heavy (non-hydrogen) atoms. The van der Waals surface area contributed by atoms with E-state index in [0.717, 1.165) is 24.3 Å². The fourth-order valence-corrected chi connectivity index (χ4v) is 3.12. The number of amides is 1. The minimum atomic E-state index is -0.118. The van der Waals surface area contributed by atoms with E-state index < -0.39 is 0 Å². The summed E-state index contributed by atoms with van der Waals surface area (Å²) in [7, 11) is 0. The van der Waals surface area contributed by atoms with Crippen LogP contribution >= 0.6 is 0 Å². The number of aromatic nitrogens is 1. The number of hydrogen-bond donors (Lipinski definition) is 2. The molecule has 0 saturated carbocycles. The standard InChI is InChI=1S/C24H28N4O/c1-4-28(5-2)22-12-10-21(11-13-22)27-23-16-20(14-15-25-23)24(29)26-17-19-8-6-18(3)7-9-19/h6-16H,4-5,17H2,1-3H3,(H,25,27)(H,26,29). The Morgan fingerprint density at radius 2 is 1.66 bits per heavy atom. The molecule has 0 atom stereocenters. The summed E-state index contributed by atoms with van der Waals surface area (Å²) in [6, 6.07) is 19.9. The van der Waals surface area contributed by atoms with E-state index in [-0.39, 0.29) is 5.91 Å². The molecule has 0 spiro atoms. The van der Waals surface area contributed by atoms with E-state index in [1.165, 1.54) is 11.3 Å². The molecule has 0 saturated heterocycles. The molecular formula is C24H28N4O. The van der Waals surface area contributed by atoms with Crippen molar-refractivity contribution >= 4 is 23.1 Å². The van der Waals surface area contributed by atoms with Crippen LogP contribution < -0.4 is 15.5 Å². The molecule has 0 radical (unpaired) electrons. The minimum absolute atomic E-state index is 0.118. The molecule has 0 fully saturated rings. The normalized spacial score (nSPS) is 10.4. The highest BCUT2D eigenvalue weighted by Gasteiger charge is 2.08. The first-order valence-corrected chi connectivity index (χ1v) is 10.0. The fourth-order valence-electron chi connectivity index (χ4n) is 3.12. The predicted molar refractivity (Wildman–Crippen MR) is 120 cm³/mol. The van der Waals surface area contributed by atoms with E-state index >= 15 is 0 Å². The first kappa shape index (κ1) is 20.4. The van der Waals surface area contributed by atoms with Gasteiger partial charge in [0.15, 0.2) is 0 Å². The van der Waals surface area contributed by atoms with Gasteiger partial charge < -0.3 is 15.5 Å². The van der Waals surface area contributed by atoms with Crippen LogP contribution in [-0.4, -0.2) is 24.0 Å². The Morgan fingerprint density at radius 1 is 0.966 bits per heavy atom. The lowest BCUT2D eigenvalue weighted by molar-refractivity contribution is 0.0951. The highest BCUT2D eigenvalue weighted by molar-refractivity contribution is 5.94. The molecule has 3 rings (SSSR count). The van der Waals surface area contributed by atoms with Gasteiger partial charge in [0.1, 0.15) is 5.82 Å². The van der Waals surface area contributed by atoms with Gasteiger partial charge in [-0.05, 0) is 62.7 Å². The third-order valence-electron chi connectivity index (χ3n) is 4.86. The molecule has 0 bridgehead atoms. The molecule has 0 aliphatic carbocycles. The van der Waals surface area contributed by atoms with Crippen molar-refractivity contribution in [2.75, 3.05) is 23.3 Å². The summed E-state index contributed by atoms with van der Waals surface area (Å²) < 4.78 is 0. The lowest BCUT2D eigenvalue weighted by atomic mass is 10.1. The van der Waals surface area contributed by atoms with E-state index in [4.69, 9.17) is 0 Å². The lowest BCUT2D eigenvalue weighted by Crippen LogP contribution is -2.22. The van der Waals surface area contributed by atoms with E-state index in [0.29, 0.717) is 17.9 Å². The van der Waals surface area contributed by atoms with Gasteiger partial charge in [-0.2, -0.15) is 0 Å². The van der Waals surface area contributed by atoms with Crippen LogP contribution in [0.3, 0.4) is 0 Å². The molecule has 0 aliphatic rings. The van der Waals surface area contributed by atoms with Crippen molar-refractivity contribution in [1.29, 1.82) is 0 Å². The van der Waals surface area contributed by atoms with Crippen molar-refractivity contribution in [3.63, 3.8) is 0 Å². The Bertz CT molecular complexity index is 932. The second-order valence-electron chi connectivity index (χ2n) is 6.94. The second-order valence-corrected chi connectivity index (χ2v) is 6.94. The summed E-state index contributed by atoms with van der Waals surface area (Å²) >= 11 is 0. The molecule has 1 aromatic heterocycles. The topological polar surface area (TPSA) is 57.3 Å². The van der Waals surface area contributed by atoms with Gasteiger partial charge in [-0.25, -0.2) is 4.98 Å². The summed E-state index contributed by atoms with van der Waals surface area (Å²) in [5.74, 6) is 0.525. The van der Waals surface area contributed by atoms with Crippen molar-refractivity contribution in [3.8, 4) is 0 Å². The van der Waals surface area contributed by atoms with Crippen molar-refractivity contribution in [2.45, 2.75) is 27.3 Å². The van der Waals surface area contributed by atoms with Crippen molar-refractivity contribution in [2.24, 2.45) is 0 Å². The number of anilines is 3. The van der Waals surface area contributed by atoms with Crippen LogP contribution in [0.15, 0.2) is 66.9 Å². The molecular weight excluding hydrogens is 360 g/mol. The Morgan fingerprint density at radius 3 is 2.31 bits per heavy atom. The molecule has 1 amide bonds. The first-order chi connectivity index (χ1) is 14.1. The van der Waals surface area contributed by atoms with Crippen LogP contribution in [0.4, 0.5) is 17.2 Å². The van der Waals surface area contributed by atoms with Gasteiger partial charge in [-0.1, -0.05) is 29.8 Å². The van der Waals surface area contributed by atoms with Gasteiger partial charge in [0.2, 0.25) is 0 Å². The molecule has 150 valence electrons. The number of carbonyl (C=O) groups is 1. The minimum Gasteiger partial charge on any atom is -0.372 e. The third kappa shape index (κ3) is 5.57. The van der Waals surface area contributed by atoms with Gasteiger partial charge in [0, 0.05) is 42.8 Å². The van der Waals surface area contributed by atoms with E-state index in [1.807, 2.05) is 43.3 Å². The monoisotopic (exact) mass is 388 g/mol. The zero-order valence-electron chi connectivity index (χ0n) is 17.3. The predicted octanol–water partition coefficient (Wildman–Crippen LogP) is 4.91. The highest BCUT2D eigenvalue weighted by Crippen LogP contribution is 2.20. The number of benzene rings is 2. The highest BCUT2D eigenvalue weighted by atomic mass is 16.1. The van der Waals surface area contributed by atoms with Gasteiger partial charge in [0.05, 0.1) is 0 Å². The second kappa shape index (κ2) is 9.73. The van der Waals surface area contributed by atoms with Crippen LogP contribution in [0.25, 0.3) is 0 Å². The van der Waals surface area contributed by atoms with Crippen molar-refractivity contribution < 1.29 is 4.79 Å². The van der Waals surface area contributed by atoms with Gasteiger partial charge in [-0.15, -0.1) is 0 Å². The van der Waals surface area contributed by atoms with Crippen LogP contribution in [0.1, 0.15) is 35.3 Å². The molecule has 0 unspecified atom stereocenters. The summed E-state index contributed by atoms with van der Waals surface area (Å²) in [6.07, 6.45) is 1.65. The molecule has 1 heterocycles. The summed E-state index contributed by atoms with van der Waals surface area (Å²) in [5.41, 5.74) is 4.98. The Balaban J connectivity index is 1.62. The largest absolute Gasteiger partial charge is 0.372 e. The third-order valence-corrected chi connectivity index (χ3v) is 4.86. The molecule has 2 aromatic carbocycles. The van der Waals surface area contributed by atoms with Crippen LogP contribution in [0.2, 0.25) is 0 Å². The molecule has 2 N–H and O–H groups in total. The summed E-state index contributed by atoms with van der Waals surface area (Å²) in [5, 5.41) is 6.23. The number of nitrogens with zero attached hydrogens (tertiary/aromatic N) is 2. The zero-order valence-corrected chi connectivity index (χ0v) is 17.3. The van der Waals surface area contributed by atoms with Gasteiger partial charge in [-0.3, -0.25) is 4.79 Å². The maximum atomic E-state index is 12.5. The number of pyridine rings is 1. The van der Waals surface area contributed by atoms with Crippen LogP contribution in [0, 0.1) is 6.92 Å². The lowest BCUT2D eigenvalue weighted by Gasteiger charge is -2.21.